The van der Waals surface area contributed by atoms with E-state index in [1.165, 1.54) is 0 Å². The van der Waals surface area contributed by atoms with Gasteiger partial charge in [0.05, 0.1) is 11.4 Å². The number of hydrogen-bond donors (Lipinski definition) is 0. The molecule has 0 saturated heterocycles. The fourth-order valence-corrected chi connectivity index (χ4v) is 9.71. The van der Waals surface area contributed by atoms with Gasteiger partial charge in [-0.2, -0.15) is 0 Å². The molecule has 5 heteroatoms. The van der Waals surface area contributed by atoms with Gasteiger partial charge < -0.3 is 24.0 Å². The van der Waals surface area contributed by atoms with Gasteiger partial charge in [-0.15, -0.1) is 0 Å². The lowest BCUT2D eigenvalue weighted by Gasteiger charge is -2.28. The lowest BCUT2D eigenvalue weighted by Crippen LogP contribution is -2.12. The van der Waals surface area contributed by atoms with Crippen molar-refractivity contribution in [3.05, 3.63) is 291 Å². The number of fused-ring (bicyclic) bond motifs is 3. The van der Waals surface area contributed by atoms with Gasteiger partial charge in [0.15, 0.2) is 11.2 Å². The van der Waals surface area contributed by atoms with Gasteiger partial charge in [-0.3, -0.25) is 0 Å². The fraction of sp³-hybridized carbons (Fsp3) is 0. The molecular formula is C66H48N4O. The van der Waals surface area contributed by atoms with Crippen molar-refractivity contribution in [2.24, 2.45) is 0 Å². The molecule has 1 heterocycles. The van der Waals surface area contributed by atoms with Gasteiger partial charge in [-0.05, 0) is 145 Å². The van der Waals surface area contributed by atoms with E-state index in [1.54, 1.807) is 0 Å². The standard InChI is InChI=1S/C66H48N4O/c1-7-21-51(22-8-1)67(52-23-9-2-10-24-52)57-41-37-49(38-42-57)50-39-43-59(44-40-50)69(55-29-15-5-16-30-55)63-35-19-33-61-62-34-20-36-64(66(62)71-65(61)63)70(56-31-17-6-18-32-56)60-47-45-58(46-48-60)68(53-25-11-3-12-26-53)54-27-13-4-14-28-54/h1-48H. The van der Waals surface area contributed by atoms with Crippen molar-refractivity contribution in [3.8, 4) is 11.1 Å². The Kier molecular flexibility index (Phi) is 11.6. The molecule has 0 amide bonds. The van der Waals surface area contributed by atoms with Gasteiger partial charge in [-0.25, -0.2) is 0 Å². The Labute approximate surface area is 414 Å². The van der Waals surface area contributed by atoms with Crippen LogP contribution in [-0.4, -0.2) is 0 Å². The van der Waals surface area contributed by atoms with Crippen LogP contribution >= 0.6 is 0 Å². The Bertz CT molecular complexity index is 3590. The Hall–Kier alpha value is -9.58. The zero-order chi connectivity index (χ0) is 47.3. The van der Waals surface area contributed by atoms with Gasteiger partial charge in [0.1, 0.15) is 0 Å². The highest BCUT2D eigenvalue weighted by Gasteiger charge is 2.24. The molecule has 11 aromatic carbocycles. The van der Waals surface area contributed by atoms with Crippen molar-refractivity contribution in [2.45, 2.75) is 0 Å². The van der Waals surface area contributed by atoms with Crippen LogP contribution in [0.4, 0.5) is 68.2 Å². The largest absolute Gasteiger partial charge is 0.452 e. The number of rotatable bonds is 13. The molecule has 0 aliphatic heterocycles. The van der Waals surface area contributed by atoms with Crippen LogP contribution < -0.4 is 19.6 Å². The molecule has 0 fully saturated rings. The van der Waals surface area contributed by atoms with Crippen LogP contribution in [0.2, 0.25) is 0 Å². The SMILES string of the molecule is c1ccc(N(c2ccccc2)c2ccc(-c3ccc(N(c4ccccc4)c4cccc5c4oc4c(N(c6ccccc6)c6ccc(N(c7ccccc7)c7ccccc7)cc6)cccc45)cc3)cc2)cc1. The molecule has 0 spiro atoms. The monoisotopic (exact) mass is 912 g/mol. The first kappa shape index (κ1) is 42.8. The highest BCUT2D eigenvalue weighted by molar-refractivity contribution is 6.14. The molecule has 0 unspecified atom stereocenters. The minimum absolute atomic E-state index is 0.808. The Morgan fingerprint density at radius 3 is 0.690 bits per heavy atom. The summed E-state index contributed by atoms with van der Waals surface area (Å²) in [7, 11) is 0. The van der Waals surface area contributed by atoms with Crippen molar-refractivity contribution in [3.63, 3.8) is 0 Å². The molecule has 338 valence electrons. The van der Waals surface area contributed by atoms with Crippen molar-refractivity contribution in [1.29, 1.82) is 0 Å². The summed E-state index contributed by atoms with van der Waals surface area (Å²) in [6, 6.07) is 103. The van der Waals surface area contributed by atoms with Gasteiger partial charge >= 0.3 is 0 Å². The van der Waals surface area contributed by atoms with Gasteiger partial charge in [0.2, 0.25) is 0 Å². The summed E-state index contributed by atoms with van der Waals surface area (Å²) >= 11 is 0. The van der Waals surface area contributed by atoms with Gasteiger partial charge in [0, 0.05) is 67.6 Å². The van der Waals surface area contributed by atoms with E-state index in [9.17, 15) is 0 Å². The molecule has 0 aliphatic carbocycles. The van der Waals surface area contributed by atoms with E-state index in [-0.39, 0.29) is 0 Å². The van der Waals surface area contributed by atoms with E-state index in [4.69, 9.17) is 4.42 Å². The summed E-state index contributed by atoms with van der Waals surface area (Å²) in [4.78, 5) is 9.17. The van der Waals surface area contributed by atoms with Crippen LogP contribution in [0, 0.1) is 0 Å². The number of para-hydroxylation sites is 8. The summed E-state index contributed by atoms with van der Waals surface area (Å²) in [5, 5.41) is 2.09. The van der Waals surface area contributed by atoms with Crippen LogP contribution in [0.5, 0.6) is 0 Å². The van der Waals surface area contributed by atoms with Crippen LogP contribution in [0.15, 0.2) is 296 Å². The number of hydrogen-bond acceptors (Lipinski definition) is 5. The molecule has 0 aliphatic rings. The molecule has 0 N–H and O–H groups in total. The number of furan rings is 1. The van der Waals surface area contributed by atoms with E-state index in [0.717, 1.165) is 101 Å². The molecule has 0 saturated carbocycles. The fourth-order valence-electron chi connectivity index (χ4n) is 9.71. The van der Waals surface area contributed by atoms with Gasteiger partial charge in [-0.1, -0.05) is 158 Å². The molecule has 71 heavy (non-hydrogen) atoms. The Morgan fingerprint density at radius 2 is 0.408 bits per heavy atom. The molecule has 1 aromatic heterocycles. The maximum Gasteiger partial charge on any atom is 0.159 e. The highest BCUT2D eigenvalue weighted by atomic mass is 16.3. The lowest BCUT2D eigenvalue weighted by atomic mass is 10.0. The van der Waals surface area contributed by atoms with Crippen molar-refractivity contribution in [1.82, 2.24) is 0 Å². The van der Waals surface area contributed by atoms with Gasteiger partial charge in [0.25, 0.3) is 0 Å². The smallest absolute Gasteiger partial charge is 0.159 e. The molecule has 0 atom stereocenters. The van der Waals surface area contributed by atoms with Crippen molar-refractivity contribution >= 4 is 90.2 Å². The molecular weight excluding hydrogens is 865 g/mol. The topological polar surface area (TPSA) is 26.1 Å². The maximum absolute atomic E-state index is 7.23. The third-order valence-electron chi connectivity index (χ3n) is 13.0. The summed E-state index contributed by atoms with van der Waals surface area (Å²) in [6.07, 6.45) is 0. The lowest BCUT2D eigenvalue weighted by molar-refractivity contribution is 0.669. The summed E-state index contributed by atoms with van der Waals surface area (Å²) < 4.78 is 7.23. The van der Waals surface area contributed by atoms with Crippen LogP contribution in [0.25, 0.3) is 33.1 Å². The second-order valence-corrected chi connectivity index (χ2v) is 17.4. The minimum atomic E-state index is 0.808. The average molecular weight is 913 g/mol. The second-order valence-electron chi connectivity index (χ2n) is 17.4. The number of anilines is 12. The van der Waals surface area contributed by atoms with Crippen LogP contribution in [0.3, 0.4) is 0 Å². The third-order valence-corrected chi connectivity index (χ3v) is 13.0. The average Bonchev–Trinajstić information content (AvgIpc) is 3.84. The summed E-state index contributed by atoms with van der Waals surface area (Å²) in [6.45, 7) is 0. The highest BCUT2D eigenvalue weighted by Crippen LogP contribution is 2.47. The number of benzene rings is 11. The Morgan fingerprint density at radius 1 is 0.183 bits per heavy atom. The molecule has 0 bridgehead atoms. The molecule has 5 nitrogen and oxygen atoms in total. The van der Waals surface area contributed by atoms with Crippen molar-refractivity contribution in [2.75, 3.05) is 19.6 Å². The first-order valence-electron chi connectivity index (χ1n) is 24.0. The zero-order valence-corrected chi connectivity index (χ0v) is 38.9. The first-order valence-corrected chi connectivity index (χ1v) is 24.0. The van der Waals surface area contributed by atoms with E-state index in [1.807, 2.05) is 0 Å². The second kappa shape index (κ2) is 19.2. The zero-order valence-electron chi connectivity index (χ0n) is 38.9. The van der Waals surface area contributed by atoms with E-state index < -0.39 is 0 Å². The Balaban J connectivity index is 0.918. The summed E-state index contributed by atoms with van der Waals surface area (Å²) in [5.41, 5.74) is 16.5. The minimum Gasteiger partial charge on any atom is -0.452 e. The molecule has 12 rings (SSSR count). The predicted octanol–water partition coefficient (Wildman–Crippen LogP) is 19.1. The van der Waals surface area contributed by atoms with E-state index in [0.29, 0.717) is 0 Å². The van der Waals surface area contributed by atoms with Crippen LogP contribution in [-0.2, 0) is 0 Å². The third kappa shape index (κ3) is 8.43. The molecule has 0 radical (unpaired) electrons. The van der Waals surface area contributed by atoms with Crippen LogP contribution in [0.1, 0.15) is 0 Å². The normalized spacial score (nSPS) is 11.1. The summed E-state index contributed by atoms with van der Waals surface area (Å²) in [5.74, 6) is 0. The number of nitrogens with zero attached hydrogens (tertiary/aromatic N) is 4. The van der Waals surface area contributed by atoms with E-state index in [2.05, 4.69) is 311 Å². The maximum atomic E-state index is 7.23. The first-order chi connectivity index (χ1) is 35.2. The predicted molar refractivity (Wildman–Crippen MR) is 298 cm³/mol. The van der Waals surface area contributed by atoms with Crippen molar-refractivity contribution < 1.29 is 4.42 Å². The molecule has 12 aromatic rings. The quantitative estimate of drug-likeness (QED) is 0.115. The van der Waals surface area contributed by atoms with E-state index >= 15 is 0 Å².